The zero-order valence-electron chi connectivity index (χ0n) is 10.7. The van der Waals surface area contributed by atoms with Gasteiger partial charge < -0.3 is 10.4 Å². The predicted molar refractivity (Wildman–Crippen MR) is 74.3 cm³/mol. The van der Waals surface area contributed by atoms with Gasteiger partial charge in [0.15, 0.2) is 0 Å². The lowest BCUT2D eigenvalue weighted by molar-refractivity contribution is -0.136. The van der Waals surface area contributed by atoms with Crippen molar-refractivity contribution in [3.8, 4) is 11.1 Å². The maximum atomic E-state index is 11.8. The summed E-state index contributed by atoms with van der Waals surface area (Å²) in [5.41, 5.74) is 2.45. The lowest BCUT2D eigenvalue weighted by Crippen LogP contribution is -2.25. The molecular formula is C15H14N2O3. The fourth-order valence-corrected chi connectivity index (χ4v) is 1.73. The van der Waals surface area contributed by atoms with E-state index in [-0.39, 0.29) is 18.9 Å². The van der Waals surface area contributed by atoms with E-state index in [4.69, 9.17) is 5.11 Å². The number of hydrogen-bond acceptors (Lipinski definition) is 3. The highest BCUT2D eigenvalue weighted by molar-refractivity contribution is 5.94. The summed E-state index contributed by atoms with van der Waals surface area (Å²) in [7, 11) is 0. The van der Waals surface area contributed by atoms with Gasteiger partial charge in [-0.15, -0.1) is 0 Å². The van der Waals surface area contributed by atoms with Gasteiger partial charge in [0.1, 0.15) is 0 Å². The largest absolute Gasteiger partial charge is 0.481 e. The molecule has 2 aromatic rings. The smallest absolute Gasteiger partial charge is 0.305 e. The summed E-state index contributed by atoms with van der Waals surface area (Å²) >= 11 is 0. The first-order valence-electron chi connectivity index (χ1n) is 6.17. The number of carbonyl (C=O) groups excluding carboxylic acids is 1. The third-order valence-corrected chi connectivity index (χ3v) is 2.77. The topological polar surface area (TPSA) is 79.3 Å². The van der Waals surface area contributed by atoms with Gasteiger partial charge in [0.25, 0.3) is 5.91 Å². The Balaban J connectivity index is 2.01. The fourth-order valence-electron chi connectivity index (χ4n) is 1.73. The molecule has 20 heavy (non-hydrogen) atoms. The number of aliphatic carboxylic acids is 1. The number of benzene rings is 1. The van der Waals surface area contributed by atoms with E-state index in [0.717, 1.165) is 11.1 Å². The van der Waals surface area contributed by atoms with Crippen LogP contribution in [0.4, 0.5) is 0 Å². The summed E-state index contributed by atoms with van der Waals surface area (Å²) in [5.74, 6) is -1.21. The van der Waals surface area contributed by atoms with Gasteiger partial charge in [-0.05, 0) is 29.3 Å². The molecule has 0 spiro atoms. The summed E-state index contributed by atoms with van der Waals surface area (Å²) in [4.78, 5) is 26.2. The number of hydrogen-bond donors (Lipinski definition) is 2. The molecule has 0 aliphatic heterocycles. The number of aromatic nitrogens is 1. The van der Waals surface area contributed by atoms with Crippen LogP contribution >= 0.6 is 0 Å². The number of amides is 1. The highest BCUT2D eigenvalue weighted by Crippen LogP contribution is 2.18. The van der Waals surface area contributed by atoms with Gasteiger partial charge in [-0.25, -0.2) is 0 Å². The van der Waals surface area contributed by atoms with Crippen molar-refractivity contribution in [3.63, 3.8) is 0 Å². The molecule has 0 aliphatic rings. The summed E-state index contributed by atoms with van der Waals surface area (Å²) in [6.45, 7) is 0.124. The Kier molecular flexibility index (Phi) is 4.44. The van der Waals surface area contributed by atoms with Crippen LogP contribution in [0.2, 0.25) is 0 Å². The van der Waals surface area contributed by atoms with Crippen molar-refractivity contribution in [2.45, 2.75) is 6.42 Å². The van der Waals surface area contributed by atoms with Crippen LogP contribution in [-0.4, -0.2) is 28.5 Å². The molecule has 0 bridgehead atoms. The average Bonchev–Trinajstić information content (AvgIpc) is 2.48. The first kappa shape index (κ1) is 13.7. The molecule has 0 aliphatic carbocycles. The molecule has 5 heteroatoms. The van der Waals surface area contributed by atoms with Crippen molar-refractivity contribution in [2.75, 3.05) is 6.54 Å². The number of carboxylic acids is 1. The van der Waals surface area contributed by atoms with Crippen molar-refractivity contribution in [1.29, 1.82) is 0 Å². The van der Waals surface area contributed by atoms with Gasteiger partial charge in [0.05, 0.1) is 6.42 Å². The van der Waals surface area contributed by atoms with Gasteiger partial charge in [-0.1, -0.05) is 18.2 Å². The minimum atomic E-state index is -0.933. The molecule has 1 heterocycles. The van der Waals surface area contributed by atoms with E-state index >= 15 is 0 Å². The van der Waals surface area contributed by atoms with Crippen LogP contribution in [0.3, 0.4) is 0 Å². The number of carboxylic acid groups (broad SMARTS) is 1. The number of nitrogens with one attached hydrogen (secondary N) is 1. The van der Waals surface area contributed by atoms with Crippen molar-refractivity contribution in [1.82, 2.24) is 10.3 Å². The zero-order chi connectivity index (χ0) is 14.4. The molecule has 2 rings (SSSR count). The Morgan fingerprint density at radius 3 is 2.45 bits per heavy atom. The predicted octanol–water partition coefficient (Wildman–Crippen LogP) is 1.95. The Bertz CT molecular complexity index is 594. The molecule has 1 aromatic heterocycles. The summed E-state index contributed by atoms with van der Waals surface area (Å²) in [6.07, 6.45) is 3.37. The SMILES string of the molecule is O=C(O)CCNC(=O)c1ccc(-c2cccnc2)cc1. The normalized spacial score (nSPS) is 10.0. The highest BCUT2D eigenvalue weighted by atomic mass is 16.4. The lowest BCUT2D eigenvalue weighted by Gasteiger charge is -2.05. The molecule has 0 unspecified atom stereocenters. The van der Waals surface area contributed by atoms with Gasteiger partial charge in [-0.2, -0.15) is 0 Å². The standard InChI is InChI=1S/C15H14N2O3/c18-14(19)7-9-17-15(20)12-5-3-11(4-6-12)13-2-1-8-16-10-13/h1-6,8,10H,7,9H2,(H,17,20)(H,18,19). The minimum Gasteiger partial charge on any atom is -0.481 e. The average molecular weight is 270 g/mol. The third kappa shape index (κ3) is 3.65. The van der Waals surface area contributed by atoms with Crippen LogP contribution in [0.25, 0.3) is 11.1 Å². The maximum Gasteiger partial charge on any atom is 0.305 e. The third-order valence-electron chi connectivity index (χ3n) is 2.77. The molecule has 0 atom stereocenters. The van der Waals surface area contributed by atoms with E-state index in [2.05, 4.69) is 10.3 Å². The second-order valence-electron chi connectivity index (χ2n) is 4.22. The van der Waals surface area contributed by atoms with Gasteiger partial charge in [0.2, 0.25) is 0 Å². The van der Waals surface area contributed by atoms with Crippen molar-refractivity contribution >= 4 is 11.9 Å². The van der Waals surface area contributed by atoms with Crippen LogP contribution < -0.4 is 5.32 Å². The number of nitrogens with zero attached hydrogens (tertiary/aromatic N) is 1. The molecule has 0 fully saturated rings. The molecule has 0 radical (unpaired) electrons. The Morgan fingerprint density at radius 1 is 1.10 bits per heavy atom. The molecule has 1 amide bonds. The molecule has 0 saturated carbocycles. The van der Waals surface area contributed by atoms with E-state index in [1.807, 2.05) is 24.3 Å². The van der Waals surface area contributed by atoms with E-state index < -0.39 is 5.97 Å². The lowest BCUT2D eigenvalue weighted by atomic mass is 10.1. The molecule has 5 nitrogen and oxygen atoms in total. The van der Waals surface area contributed by atoms with E-state index in [1.54, 1.807) is 24.5 Å². The summed E-state index contributed by atoms with van der Waals surface area (Å²) in [6, 6.07) is 10.9. The zero-order valence-corrected chi connectivity index (χ0v) is 10.7. The summed E-state index contributed by atoms with van der Waals surface area (Å²) < 4.78 is 0. The molecule has 0 saturated heterocycles. The number of rotatable bonds is 5. The van der Waals surface area contributed by atoms with Crippen LogP contribution in [-0.2, 0) is 4.79 Å². The van der Waals surface area contributed by atoms with Crippen molar-refractivity contribution in [2.24, 2.45) is 0 Å². The van der Waals surface area contributed by atoms with E-state index in [1.165, 1.54) is 0 Å². The second kappa shape index (κ2) is 6.47. The van der Waals surface area contributed by atoms with Gasteiger partial charge >= 0.3 is 5.97 Å². The van der Waals surface area contributed by atoms with Crippen LogP contribution in [0.15, 0.2) is 48.8 Å². The van der Waals surface area contributed by atoms with Gasteiger partial charge in [-0.3, -0.25) is 14.6 Å². The minimum absolute atomic E-state index is 0.0838. The molecule has 2 N–H and O–H groups in total. The van der Waals surface area contributed by atoms with Gasteiger partial charge in [0, 0.05) is 24.5 Å². The second-order valence-corrected chi connectivity index (χ2v) is 4.22. The molecular weight excluding hydrogens is 256 g/mol. The molecule has 1 aromatic carbocycles. The molecule has 102 valence electrons. The monoisotopic (exact) mass is 270 g/mol. The fraction of sp³-hybridized carbons (Fsp3) is 0.133. The number of carbonyl (C=O) groups is 2. The van der Waals surface area contributed by atoms with Crippen LogP contribution in [0, 0.1) is 0 Å². The Hall–Kier alpha value is -2.69. The van der Waals surface area contributed by atoms with Crippen molar-refractivity contribution in [3.05, 3.63) is 54.4 Å². The summed E-state index contributed by atoms with van der Waals surface area (Å²) in [5, 5.41) is 11.1. The highest BCUT2D eigenvalue weighted by Gasteiger charge is 2.06. The van der Waals surface area contributed by atoms with Crippen molar-refractivity contribution < 1.29 is 14.7 Å². The van der Waals surface area contributed by atoms with E-state index in [0.29, 0.717) is 5.56 Å². The number of pyridine rings is 1. The van der Waals surface area contributed by atoms with Crippen LogP contribution in [0.5, 0.6) is 0 Å². The Morgan fingerprint density at radius 2 is 1.85 bits per heavy atom. The maximum absolute atomic E-state index is 11.8. The van der Waals surface area contributed by atoms with E-state index in [9.17, 15) is 9.59 Å². The first-order valence-corrected chi connectivity index (χ1v) is 6.17. The first-order chi connectivity index (χ1) is 9.66. The van der Waals surface area contributed by atoms with Crippen LogP contribution in [0.1, 0.15) is 16.8 Å². The Labute approximate surface area is 116 Å². The quantitative estimate of drug-likeness (QED) is 0.870.